The van der Waals surface area contributed by atoms with Crippen LogP contribution in [0.15, 0.2) is 41.2 Å². The lowest BCUT2D eigenvalue weighted by atomic mass is 10.0. The summed E-state index contributed by atoms with van der Waals surface area (Å²) in [6.45, 7) is 10.2. The molecule has 4 aromatic rings. The van der Waals surface area contributed by atoms with E-state index in [2.05, 4.69) is 24.0 Å². The molecule has 3 aromatic heterocycles. The van der Waals surface area contributed by atoms with Crippen LogP contribution < -0.4 is 10.3 Å². The Labute approximate surface area is 175 Å². The van der Waals surface area contributed by atoms with Crippen molar-refractivity contribution in [3.05, 3.63) is 69.4 Å². The van der Waals surface area contributed by atoms with Crippen molar-refractivity contribution in [3.8, 4) is 17.0 Å². The first-order valence-corrected chi connectivity index (χ1v) is 10.1. The van der Waals surface area contributed by atoms with Crippen LogP contribution in [0, 0.1) is 26.7 Å². The van der Waals surface area contributed by atoms with Crippen LogP contribution in [-0.4, -0.2) is 31.5 Å². The molecule has 0 aliphatic carbocycles. The molecule has 0 saturated heterocycles. The van der Waals surface area contributed by atoms with Crippen molar-refractivity contribution in [2.24, 2.45) is 5.92 Å². The third-order valence-electron chi connectivity index (χ3n) is 5.49. The number of aryl methyl sites for hydroxylation is 3. The summed E-state index contributed by atoms with van der Waals surface area (Å²) in [5.74, 6) is 1.01. The van der Waals surface area contributed by atoms with Gasteiger partial charge in [-0.3, -0.25) is 14.6 Å². The molecule has 0 radical (unpaired) electrons. The van der Waals surface area contributed by atoms with Gasteiger partial charge in [0.1, 0.15) is 5.75 Å². The lowest BCUT2D eigenvalue weighted by molar-refractivity contribution is 0.386. The fourth-order valence-corrected chi connectivity index (χ4v) is 4.03. The van der Waals surface area contributed by atoms with Gasteiger partial charge in [0.15, 0.2) is 5.65 Å². The van der Waals surface area contributed by atoms with Crippen molar-refractivity contribution in [2.45, 2.75) is 40.7 Å². The Bertz CT molecular complexity index is 1260. The summed E-state index contributed by atoms with van der Waals surface area (Å²) in [7, 11) is 1.64. The van der Waals surface area contributed by atoms with E-state index in [0.717, 1.165) is 39.7 Å². The topological polar surface area (TPSA) is 77.2 Å². The van der Waals surface area contributed by atoms with Gasteiger partial charge >= 0.3 is 0 Å². The van der Waals surface area contributed by atoms with Gasteiger partial charge in [-0.1, -0.05) is 13.8 Å². The average Bonchev–Trinajstić information content (AvgIpc) is 3.21. The molecule has 1 N–H and O–H groups in total. The van der Waals surface area contributed by atoms with Crippen LogP contribution in [0.4, 0.5) is 0 Å². The van der Waals surface area contributed by atoms with E-state index in [1.54, 1.807) is 13.2 Å². The summed E-state index contributed by atoms with van der Waals surface area (Å²) in [5, 5.41) is 7.87. The molecule has 0 saturated carbocycles. The van der Waals surface area contributed by atoms with Crippen molar-refractivity contribution in [3.63, 3.8) is 0 Å². The minimum Gasteiger partial charge on any atom is -0.497 e. The fraction of sp³-hybridized carbons (Fsp3) is 0.348. The second-order valence-corrected chi connectivity index (χ2v) is 8.08. The highest BCUT2D eigenvalue weighted by molar-refractivity contribution is 5.70. The molecule has 0 fully saturated rings. The normalized spacial score (nSPS) is 12.6. The molecule has 1 atom stereocenters. The molecular weight excluding hydrogens is 378 g/mol. The molecule has 7 heteroatoms. The molecule has 156 valence electrons. The smallest absolute Gasteiger partial charge is 0.272 e. The van der Waals surface area contributed by atoms with E-state index in [-0.39, 0.29) is 17.5 Å². The van der Waals surface area contributed by atoms with Gasteiger partial charge in [0.2, 0.25) is 0 Å². The summed E-state index contributed by atoms with van der Waals surface area (Å²) in [6.07, 6.45) is 0. The number of nitrogens with one attached hydrogen (secondary N) is 1. The molecule has 0 bridgehead atoms. The predicted octanol–water partition coefficient (Wildman–Crippen LogP) is 4.07. The molecule has 4 rings (SSSR count). The van der Waals surface area contributed by atoms with Gasteiger partial charge in [0, 0.05) is 22.9 Å². The SMILES string of the molecule is COc1ccc(-c2[nH]n3c(=O)cc([C@@H](C(C)C)n4nc(C)cc4C)nc3c2C)cc1. The summed E-state index contributed by atoms with van der Waals surface area (Å²) in [4.78, 5) is 17.9. The Morgan fingerprint density at radius 2 is 1.77 bits per heavy atom. The van der Waals surface area contributed by atoms with Crippen molar-refractivity contribution < 1.29 is 4.74 Å². The number of fused-ring (bicyclic) bond motifs is 1. The Kier molecular flexibility index (Phi) is 4.97. The lowest BCUT2D eigenvalue weighted by Crippen LogP contribution is -2.24. The van der Waals surface area contributed by atoms with E-state index in [1.165, 1.54) is 4.52 Å². The maximum Gasteiger partial charge on any atom is 0.272 e. The van der Waals surface area contributed by atoms with Crippen molar-refractivity contribution in [1.82, 2.24) is 24.4 Å². The molecule has 3 heterocycles. The van der Waals surface area contributed by atoms with Gasteiger partial charge in [-0.15, -0.1) is 0 Å². The van der Waals surface area contributed by atoms with Gasteiger partial charge < -0.3 is 4.74 Å². The van der Waals surface area contributed by atoms with Crippen LogP contribution >= 0.6 is 0 Å². The summed E-state index contributed by atoms with van der Waals surface area (Å²) in [6, 6.07) is 11.3. The minimum absolute atomic E-state index is 0.116. The van der Waals surface area contributed by atoms with Crippen molar-refractivity contribution in [2.75, 3.05) is 7.11 Å². The molecule has 0 spiro atoms. The van der Waals surface area contributed by atoms with E-state index < -0.39 is 0 Å². The Morgan fingerprint density at radius 3 is 2.33 bits per heavy atom. The molecule has 0 aliphatic heterocycles. The Morgan fingerprint density at radius 1 is 1.07 bits per heavy atom. The zero-order chi connectivity index (χ0) is 21.6. The van der Waals surface area contributed by atoms with Gasteiger partial charge in [-0.2, -0.15) is 5.10 Å². The number of hydrogen-bond donors (Lipinski definition) is 1. The van der Waals surface area contributed by atoms with Crippen LogP contribution in [0.25, 0.3) is 16.9 Å². The third-order valence-corrected chi connectivity index (χ3v) is 5.49. The highest BCUT2D eigenvalue weighted by Gasteiger charge is 2.24. The highest BCUT2D eigenvalue weighted by Crippen LogP contribution is 2.29. The number of rotatable bonds is 5. The second-order valence-electron chi connectivity index (χ2n) is 8.08. The van der Waals surface area contributed by atoms with Gasteiger partial charge in [0.25, 0.3) is 5.56 Å². The zero-order valence-corrected chi connectivity index (χ0v) is 18.2. The standard InChI is InChI=1S/C23H27N5O2/c1-13(2)22(27-15(4)11-14(3)25-27)19-12-20(29)28-23(24-19)16(5)21(26-28)17-7-9-18(30-6)10-8-17/h7-13,22,26H,1-6H3/t22-/m1/s1. The quantitative estimate of drug-likeness (QED) is 0.543. The lowest BCUT2D eigenvalue weighted by Gasteiger charge is -2.22. The zero-order valence-electron chi connectivity index (χ0n) is 18.2. The third kappa shape index (κ3) is 3.30. The maximum atomic E-state index is 13.0. The average molecular weight is 406 g/mol. The number of benzene rings is 1. The van der Waals surface area contributed by atoms with E-state index in [0.29, 0.717) is 5.65 Å². The predicted molar refractivity (Wildman–Crippen MR) is 117 cm³/mol. The Balaban J connectivity index is 1.88. The van der Waals surface area contributed by atoms with E-state index in [1.807, 2.05) is 55.8 Å². The van der Waals surface area contributed by atoms with Crippen LogP contribution in [0.2, 0.25) is 0 Å². The number of hydrogen-bond acceptors (Lipinski definition) is 4. The van der Waals surface area contributed by atoms with Gasteiger partial charge in [-0.25, -0.2) is 9.50 Å². The largest absolute Gasteiger partial charge is 0.497 e. The minimum atomic E-state index is -0.134. The number of ether oxygens (including phenoxy) is 1. The molecule has 30 heavy (non-hydrogen) atoms. The molecular formula is C23H27N5O2. The Hall–Kier alpha value is -3.35. The van der Waals surface area contributed by atoms with Crippen LogP contribution in [0.3, 0.4) is 0 Å². The number of aromatic amines is 1. The molecule has 1 aromatic carbocycles. The first kappa shape index (κ1) is 19.9. The van der Waals surface area contributed by atoms with Crippen LogP contribution in [0.1, 0.15) is 42.5 Å². The summed E-state index contributed by atoms with van der Waals surface area (Å²) < 4.78 is 8.73. The highest BCUT2D eigenvalue weighted by atomic mass is 16.5. The fourth-order valence-electron chi connectivity index (χ4n) is 4.03. The number of methoxy groups -OCH3 is 1. The van der Waals surface area contributed by atoms with Gasteiger partial charge in [-0.05, 0) is 57.0 Å². The van der Waals surface area contributed by atoms with Crippen molar-refractivity contribution in [1.29, 1.82) is 0 Å². The number of H-pyrrole nitrogens is 1. The van der Waals surface area contributed by atoms with Crippen molar-refractivity contribution >= 4 is 5.65 Å². The van der Waals surface area contributed by atoms with E-state index in [4.69, 9.17) is 9.72 Å². The van der Waals surface area contributed by atoms with E-state index in [9.17, 15) is 4.79 Å². The summed E-state index contributed by atoms with van der Waals surface area (Å²) in [5.41, 5.74) is 6.00. The molecule has 0 aliphatic rings. The molecule has 7 nitrogen and oxygen atoms in total. The second kappa shape index (κ2) is 7.48. The summed E-state index contributed by atoms with van der Waals surface area (Å²) >= 11 is 0. The van der Waals surface area contributed by atoms with E-state index >= 15 is 0 Å². The van der Waals surface area contributed by atoms with Gasteiger partial charge in [0.05, 0.1) is 30.2 Å². The number of aromatic nitrogens is 5. The first-order chi connectivity index (χ1) is 14.3. The maximum absolute atomic E-state index is 13.0. The first-order valence-electron chi connectivity index (χ1n) is 10.1. The van der Waals surface area contributed by atoms with Crippen LogP contribution in [0.5, 0.6) is 5.75 Å². The monoisotopic (exact) mass is 405 g/mol. The number of nitrogens with zero attached hydrogens (tertiary/aromatic N) is 4. The molecule has 0 unspecified atom stereocenters. The molecule has 0 amide bonds. The van der Waals surface area contributed by atoms with Crippen LogP contribution in [-0.2, 0) is 0 Å².